The van der Waals surface area contributed by atoms with Crippen molar-refractivity contribution in [3.63, 3.8) is 0 Å². The summed E-state index contributed by atoms with van der Waals surface area (Å²) in [6, 6.07) is 4.19. The molecular weight excluding hydrogens is 283 g/mol. The zero-order chi connectivity index (χ0) is 15.5. The van der Waals surface area contributed by atoms with Crippen LogP contribution in [0.15, 0.2) is 24.3 Å². The van der Waals surface area contributed by atoms with Gasteiger partial charge in [-0.15, -0.1) is 0 Å². The van der Waals surface area contributed by atoms with Crippen molar-refractivity contribution in [2.45, 2.75) is 19.4 Å². The molecule has 0 saturated carbocycles. The Bertz CT molecular complexity index is 570. The highest BCUT2D eigenvalue weighted by Crippen LogP contribution is 2.23. The second-order valence-corrected chi connectivity index (χ2v) is 6.55. The molecular formula is C13H19FN2O3S. The monoisotopic (exact) mass is 302 g/mol. The number of likely N-dealkylation sites (N-methyl/N-ethyl adjacent to an activating group) is 1. The minimum Gasteiger partial charge on any atom is -0.347 e. The lowest BCUT2D eigenvalue weighted by molar-refractivity contribution is -0.129. The number of hydrogen-bond acceptors (Lipinski definition) is 3. The fraction of sp³-hybridized carbons (Fsp3) is 0.462. The minimum atomic E-state index is -3.66. The van der Waals surface area contributed by atoms with Crippen LogP contribution in [0.5, 0.6) is 0 Å². The zero-order valence-electron chi connectivity index (χ0n) is 12.0. The summed E-state index contributed by atoms with van der Waals surface area (Å²) in [7, 11) is -0.526. The van der Waals surface area contributed by atoms with Crippen LogP contribution in [0, 0.1) is 5.82 Å². The number of hydrogen-bond donors (Lipinski definition) is 0. The number of benzene rings is 1. The van der Waals surface area contributed by atoms with Crippen LogP contribution in [0.2, 0.25) is 0 Å². The molecule has 5 nitrogen and oxygen atoms in total. The van der Waals surface area contributed by atoms with E-state index in [0.29, 0.717) is 6.42 Å². The summed E-state index contributed by atoms with van der Waals surface area (Å²) >= 11 is 0. The Hall–Kier alpha value is -1.63. The van der Waals surface area contributed by atoms with Gasteiger partial charge in [0.25, 0.3) is 0 Å². The number of halogens is 1. The first-order chi connectivity index (χ1) is 9.18. The van der Waals surface area contributed by atoms with E-state index in [9.17, 15) is 17.6 Å². The van der Waals surface area contributed by atoms with Gasteiger partial charge in [-0.1, -0.05) is 6.92 Å². The Balaban J connectivity index is 3.32. The van der Waals surface area contributed by atoms with E-state index in [0.717, 1.165) is 10.6 Å². The maximum Gasteiger partial charge on any atom is 0.245 e. The Morgan fingerprint density at radius 2 is 1.75 bits per heavy atom. The Kier molecular flexibility index (Phi) is 5.10. The van der Waals surface area contributed by atoms with Gasteiger partial charge in [-0.2, -0.15) is 0 Å². The van der Waals surface area contributed by atoms with E-state index in [1.54, 1.807) is 21.0 Å². The fourth-order valence-corrected chi connectivity index (χ4v) is 3.14. The van der Waals surface area contributed by atoms with Gasteiger partial charge in [-0.05, 0) is 30.7 Å². The van der Waals surface area contributed by atoms with Gasteiger partial charge < -0.3 is 4.90 Å². The number of sulfonamides is 1. The van der Waals surface area contributed by atoms with Crippen LogP contribution < -0.4 is 4.31 Å². The second-order valence-electron chi connectivity index (χ2n) is 4.69. The maximum atomic E-state index is 13.0. The summed E-state index contributed by atoms with van der Waals surface area (Å²) < 4.78 is 38.0. The molecule has 0 radical (unpaired) electrons. The molecule has 1 unspecified atom stereocenters. The molecule has 1 rings (SSSR count). The van der Waals surface area contributed by atoms with Gasteiger partial charge in [0.05, 0.1) is 11.9 Å². The molecule has 0 heterocycles. The van der Waals surface area contributed by atoms with E-state index >= 15 is 0 Å². The molecule has 0 aliphatic heterocycles. The quantitative estimate of drug-likeness (QED) is 0.827. The Morgan fingerprint density at radius 3 is 2.10 bits per heavy atom. The van der Waals surface area contributed by atoms with E-state index in [1.165, 1.54) is 29.2 Å². The van der Waals surface area contributed by atoms with Crippen LogP contribution in [0.3, 0.4) is 0 Å². The molecule has 0 N–H and O–H groups in total. The van der Waals surface area contributed by atoms with E-state index in [4.69, 9.17) is 0 Å². The maximum absolute atomic E-state index is 13.0. The summed E-state index contributed by atoms with van der Waals surface area (Å²) in [4.78, 5) is 13.5. The van der Waals surface area contributed by atoms with E-state index in [2.05, 4.69) is 0 Å². The molecule has 7 heteroatoms. The van der Waals surface area contributed by atoms with Crippen molar-refractivity contribution < 1.29 is 17.6 Å². The van der Waals surface area contributed by atoms with Crippen LogP contribution in [-0.4, -0.2) is 45.6 Å². The normalized spacial score (nSPS) is 12.8. The molecule has 1 atom stereocenters. The molecule has 0 aromatic heterocycles. The van der Waals surface area contributed by atoms with Crippen molar-refractivity contribution in [3.8, 4) is 0 Å². The van der Waals surface area contributed by atoms with Crippen LogP contribution in [0.25, 0.3) is 0 Å². The number of anilines is 1. The first-order valence-corrected chi connectivity index (χ1v) is 7.99. The van der Waals surface area contributed by atoms with Crippen molar-refractivity contribution in [2.24, 2.45) is 0 Å². The van der Waals surface area contributed by atoms with Crippen LogP contribution in [0.1, 0.15) is 13.3 Å². The lowest BCUT2D eigenvalue weighted by atomic mass is 10.2. The van der Waals surface area contributed by atoms with Gasteiger partial charge in [0, 0.05) is 14.1 Å². The van der Waals surface area contributed by atoms with Crippen molar-refractivity contribution >= 4 is 21.6 Å². The van der Waals surface area contributed by atoms with Crippen molar-refractivity contribution in [1.82, 2.24) is 4.90 Å². The molecule has 1 aromatic rings. The van der Waals surface area contributed by atoms with Crippen LogP contribution in [-0.2, 0) is 14.8 Å². The summed E-state index contributed by atoms with van der Waals surface area (Å²) in [5.41, 5.74) is 0.274. The van der Waals surface area contributed by atoms with Crippen molar-refractivity contribution in [2.75, 3.05) is 24.7 Å². The molecule has 0 saturated heterocycles. The molecule has 112 valence electrons. The molecule has 0 fully saturated rings. The van der Waals surface area contributed by atoms with E-state index < -0.39 is 21.9 Å². The molecule has 20 heavy (non-hydrogen) atoms. The number of carbonyl (C=O) groups is 1. The average Bonchev–Trinajstić information content (AvgIpc) is 2.35. The highest BCUT2D eigenvalue weighted by atomic mass is 32.2. The standard InChI is InChI=1S/C13H19FN2O3S/c1-5-12(13(17)15(2)3)16(20(4,18)19)11-8-6-10(14)7-9-11/h6-9,12H,5H2,1-4H3. The Labute approximate surface area is 119 Å². The van der Waals surface area contributed by atoms with Gasteiger partial charge >= 0.3 is 0 Å². The molecule has 0 aliphatic rings. The first kappa shape index (κ1) is 16.4. The zero-order valence-corrected chi connectivity index (χ0v) is 12.8. The third kappa shape index (κ3) is 3.69. The number of rotatable bonds is 5. The van der Waals surface area contributed by atoms with Crippen LogP contribution >= 0.6 is 0 Å². The van der Waals surface area contributed by atoms with E-state index in [-0.39, 0.29) is 11.6 Å². The number of nitrogens with zero attached hydrogens (tertiary/aromatic N) is 2. The SMILES string of the molecule is CCC(C(=O)N(C)C)N(c1ccc(F)cc1)S(C)(=O)=O. The molecule has 0 aliphatic carbocycles. The van der Waals surface area contributed by atoms with Crippen LogP contribution in [0.4, 0.5) is 10.1 Å². The number of amides is 1. The highest BCUT2D eigenvalue weighted by Gasteiger charge is 2.32. The second kappa shape index (κ2) is 6.21. The molecule has 0 spiro atoms. The smallest absolute Gasteiger partial charge is 0.245 e. The lowest BCUT2D eigenvalue weighted by Crippen LogP contribution is -2.48. The predicted molar refractivity (Wildman–Crippen MR) is 76.5 cm³/mol. The largest absolute Gasteiger partial charge is 0.347 e. The summed E-state index contributed by atoms with van der Waals surface area (Å²) in [6.07, 6.45) is 1.35. The lowest BCUT2D eigenvalue weighted by Gasteiger charge is -2.31. The molecule has 1 amide bonds. The topological polar surface area (TPSA) is 57.7 Å². The predicted octanol–water partition coefficient (Wildman–Crippen LogP) is 1.46. The van der Waals surface area contributed by atoms with Gasteiger partial charge in [-0.3, -0.25) is 9.10 Å². The average molecular weight is 302 g/mol. The number of carbonyl (C=O) groups excluding carboxylic acids is 1. The highest BCUT2D eigenvalue weighted by molar-refractivity contribution is 7.92. The van der Waals surface area contributed by atoms with E-state index in [1.807, 2.05) is 0 Å². The van der Waals surface area contributed by atoms with Gasteiger partial charge in [0.1, 0.15) is 11.9 Å². The van der Waals surface area contributed by atoms with Gasteiger partial charge in [0.15, 0.2) is 0 Å². The van der Waals surface area contributed by atoms with Gasteiger partial charge in [-0.25, -0.2) is 12.8 Å². The van der Waals surface area contributed by atoms with Gasteiger partial charge in [0.2, 0.25) is 15.9 Å². The third-order valence-electron chi connectivity index (χ3n) is 2.83. The third-order valence-corrected chi connectivity index (χ3v) is 4.01. The minimum absolute atomic E-state index is 0.274. The molecule has 1 aromatic carbocycles. The summed E-state index contributed by atoms with van der Waals surface area (Å²) in [5.74, 6) is -0.781. The molecule has 0 bridgehead atoms. The van der Waals surface area contributed by atoms with Crippen molar-refractivity contribution in [3.05, 3.63) is 30.1 Å². The van der Waals surface area contributed by atoms with Crippen molar-refractivity contribution in [1.29, 1.82) is 0 Å². The summed E-state index contributed by atoms with van der Waals surface area (Å²) in [5, 5.41) is 0. The fourth-order valence-electron chi connectivity index (χ4n) is 1.93. The summed E-state index contributed by atoms with van der Waals surface area (Å²) in [6.45, 7) is 1.73. The Morgan fingerprint density at radius 1 is 1.25 bits per heavy atom. The first-order valence-electron chi connectivity index (χ1n) is 6.14.